The van der Waals surface area contributed by atoms with Crippen molar-refractivity contribution >= 4 is 54.4 Å². The number of carbonyl (C=O) groups is 3. The van der Waals surface area contributed by atoms with E-state index in [1.54, 1.807) is 42.4 Å². The Balaban J connectivity index is 1.29. The van der Waals surface area contributed by atoms with Gasteiger partial charge in [0, 0.05) is 88.1 Å². The van der Waals surface area contributed by atoms with E-state index in [2.05, 4.69) is 53.1 Å². The second kappa shape index (κ2) is 28.4. The maximum absolute atomic E-state index is 14.0. The molecule has 3 heterocycles. The predicted molar refractivity (Wildman–Crippen MR) is 285 cm³/mol. The first-order valence-corrected chi connectivity index (χ1v) is 24.5. The average molecular weight is 1000 g/mol. The highest BCUT2D eigenvalue weighted by Crippen LogP contribution is 2.38. The molecule has 390 valence electrons. The zero-order valence-corrected chi connectivity index (χ0v) is 43.2. The van der Waals surface area contributed by atoms with E-state index in [-0.39, 0.29) is 37.6 Å². The number of nitrogens with zero attached hydrogens (tertiary/aromatic N) is 6. The fourth-order valence-electron chi connectivity index (χ4n) is 8.74. The number of hydrogen-bond donors (Lipinski definition) is 0. The summed E-state index contributed by atoms with van der Waals surface area (Å²) < 4.78 is 46.2. The molecule has 0 fully saturated rings. The third kappa shape index (κ3) is 15.5. The van der Waals surface area contributed by atoms with Crippen molar-refractivity contribution in [3.63, 3.8) is 0 Å². The smallest absolute Gasteiger partial charge is 0.305 e. The third-order valence-corrected chi connectivity index (χ3v) is 12.8. The lowest BCUT2D eigenvalue weighted by molar-refractivity contribution is -0.140. The van der Waals surface area contributed by atoms with E-state index < -0.39 is 0 Å². The molecule has 0 saturated heterocycles. The number of amides is 1. The molecule has 3 aromatic carbocycles. The van der Waals surface area contributed by atoms with Crippen molar-refractivity contribution in [1.82, 2.24) is 9.80 Å². The van der Waals surface area contributed by atoms with Crippen molar-refractivity contribution in [2.45, 2.75) is 51.9 Å². The van der Waals surface area contributed by atoms with Crippen LogP contribution in [0.25, 0.3) is 0 Å². The summed E-state index contributed by atoms with van der Waals surface area (Å²) >= 11 is 0. The molecule has 0 saturated carbocycles. The molecule has 0 aromatic heterocycles. The number of hydrogen-bond acceptors (Lipinski definition) is 16. The summed E-state index contributed by atoms with van der Waals surface area (Å²) in [5.74, 6) is 1.02. The zero-order valence-electron chi connectivity index (χ0n) is 43.2. The number of methoxy groups -OCH3 is 4. The Morgan fingerprint density at radius 2 is 1.56 bits per heavy atom. The van der Waals surface area contributed by atoms with Crippen molar-refractivity contribution in [2.75, 3.05) is 113 Å². The summed E-state index contributed by atoms with van der Waals surface area (Å²) in [4.78, 5) is 58.3. The van der Waals surface area contributed by atoms with E-state index in [0.29, 0.717) is 118 Å². The number of aliphatic imine (C=N–C) groups is 3. The molecule has 3 aliphatic rings. The highest BCUT2D eigenvalue weighted by molar-refractivity contribution is 6.01. The lowest BCUT2D eigenvalue weighted by atomic mass is 9.95. The highest BCUT2D eigenvalue weighted by Gasteiger charge is 2.28. The summed E-state index contributed by atoms with van der Waals surface area (Å²) in [5.41, 5.74) is 8.78. The van der Waals surface area contributed by atoms with Crippen LogP contribution >= 0.6 is 0 Å². The lowest BCUT2D eigenvalue weighted by Crippen LogP contribution is -2.38. The number of aldehydes is 1. The largest absolute Gasteiger partial charge is 0.493 e. The van der Waals surface area contributed by atoms with Crippen LogP contribution in [0.1, 0.15) is 64.4 Å². The Labute approximate surface area is 429 Å². The molecule has 3 aromatic rings. The minimum atomic E-state index is -0.303. The average Bonchev–Trinajstić information content (AvgIpc) is 3.89. The standard InChI is InChI=1S/C56H70N6O11/c1-9-10-12-42-26-47(60(4)34-39(42)2)33-59-49-29-53(51(67-6)27-44(49)36-63)72-37-40-23-41(25-46(24-40)61(15-11-13-55(64)69-8)17-18-70-21-22-71-20-19-66-5)38-73-54-30-50(57-3)48(28-52(54)68-7)56(65)62-16-14-43-31-58-32-45(43)35-62/h9-10,12,23-25,27-31,33,36,47H,1,3,11,13-22,26,32,34-35,37-38H2,2,4-8H3/b12-10-,59-33?. The fraction of sp³-hybridized carbons (Fsp3) is 0.429. The second-order valence-electron chi connectivity index (χ2n) is 17.8. The number of anilines is 1. The summed E-state index contributed by atoms with van der Waals surface area (Å²) in [6, 6.07) is 12.7. The molecule has 0 aliphatic carbocycles. The minimum absolute atomic E-state index is 0.00799. The van der Waals surface area contributed by atoms with E-state index >= 15 is 0 Å². The molecular weight excluding hydrogens is 933 g/mol. The number of allylic oxidation sites excluding steroid dienone is 3. The van der Waals surface area contributed by atoms with Crippen LogP contribution < -0.4 is 23.8 Å². The van der Waals surface area contributed by atoms with Crippen LogP contribution in [0, 0.1) is 0 Å². The van der Waals surface area contributed by atoms with Crippen molar-refractivity contribution in [3.05, 3.63) is 112 Å². The number of rotatable bonds is 29. The molecule has 0 radical (unpaired) electrons. The minimum Gasteiger partial charge on any atom is -0.493 e. The maximum Gasteiger partial charge on any atom is 0.305 e. The van der Waals surface area contributed by atoms with E-state index in [9.17, 15) is 14.4 Å². The van der Waals surface area contributed by atoms with Crippen LogP contribution in [-0.2, 0) is 37.0 Å². The van der Waals surface area contributed by atoms with E-state index in [0.717, 1.165) is 48.1 Å². The molecule has 1 amide bonds. The van der Waals surface area contributed by atoms with Crippen LogP contribution in [0.2, 0.25) is 0 Å². The van der Waals surface area contributed by atoms with Gasteiger partial charge in [-0.05, 0) is 98.1 Å². The van der Waals surface area contributed by atoms with Gasteiger partial charge in [-0.1, -0.05) is 30.4 Å². The number of ether oxygens (including phenoxy) is 8. The summed E-state index contributed by atoms with van der Waals surface area (Å²) in [6.07, 6.45) is 12.6. The van der Waals surface area contributed by atoms with Gasteiger partial charge in [0.25, 0.3) is 5.91 Å². The Morgan fingerprint density at radius 1 is 0.863 bits per heavy atom. The molecule has 6 rings (SSSR count). The summed E-state index contributed by atoms with van der Waals surface area (Å²) in [7, 11) is 8.11. The Morgan fingerprint density at radius 3 is 2.23 bits per heavy atom. The van der Waals surface area contributed by atoms with Gasteiger partial charge in [0.1, 0.15) is 13.2 Å². The predicted octanol–water partition coefficient (Wildman–Crippen LogP) is 8.14. The molecule has 0 bridgehead atoms. The molecule has 0 N–H and O–H groups in total. The van der Waals surface area contributed by atoms with Gasteiger partial charge in [-0.3, -0.25) is 34.3 Å². The molecule has 1 atom stereocenters. The Kier molecular flexibility index (Phi) is 21.5. The van der Waals surface area contributed by atoms with Crippen LogP contribution in [0.15, 0.2) is 105 Å². The topological polar surface area (TPSA) is 172 Å². The first-order chi connectivity index (χ1) is 35.5. The number of benzene rings is 3. The first kappa shape index (κ1) is 55.4. The fourth-order valence-corrected chi connectivity index (χ4v) is 8.74. The van der Waals surface area contributed by atoms with Crippen LogP contribution in [0.4, 0.5) is 17.1 Å². The van der Waals surface area contributed by atoms with Gasteiger partial charge in [0.2, 0.25) is 0 Å². The van der Waals surface area contributed by atoms with Crippen molar-refractivity contribution in [1.29, 1.82) is 0 Å². The first-order valence-electron chi connectivity index (χ1n) is 24.5. The van der Waals surface area contributed by atoms with Crippen molar-refractivity contribution < 1.29 is 52.3 Å². The summed E-state index contributed by atoms with van der Waals surface area (Å²) in [6.45, 7) is 15.5. The van der Waals surface area contributed by atoms with Crippen molar-refractivity contribution in [2.24, 2.45) is 15.0 Å². The van der Waals surface area contributed by atoms with Gasteiger partial charge >= 0.3 is 5.97 Å². The van der Waals surface area contributed by atoms with Gasteiger partial charge in [-0.25, -0.2) is 0 Å². The maximum atomic E-state index is 14.0. The van der Waals surface area contributed by atoms with Gasteiger partial charge in [0.15, 0.2) is 29.3 Å². The van der Waals surface area contributed by atoms with Gasteiger partial charge in [-0.2, -0.15) is 0 Å². The zero-order chi connectivity index (χ0) is 52.1. The molecular formula is C56H70N6O11. The second-order valence-corrected chi connectivity index (χ2v) is 17.8. The van der Waals surface area contributed by atoms with Crippen LogP contribution in [0.3, 0.4) is 0 Å². The summed E-state index contributed by atoms with van der Waals surface area (Å²) in [5, 5.41) is 0. The normalized spacial score (nSPS) is 15.8. The van der Waals surface area contributed by atoms with E-state index in [1.807, 2.05) is 36.7 Å². The number of likely N-dealkylation sites (N-methyl/N-ethyl adjacent to an activating group) is 1. The van der Waals surface area contributed by atoms with Crippen molar-refractivity contribution in [3.8, 4) is 23.0 Å². The van der Waals surface area contributed by atoms with Crippen LogP contribution in [-0.4, -0.2) is 161 Å². The molecule has 3 aliphatic heterocycles. The monoisotopic (exact) mass is 1000 g/mol. The van der Waals surface area contributed by atoms with E-state index in [1.165, 1.54) is 38.0 Å². The molecule has 73 heavy (non-hydrogen) atoms. The third-order valence-electron chi connectivity index (χ3n) is 12.8. The van der Waals surface area contributed by atoms with E-state index in [4.69, 9.17) is 42.9 Å². The Bertz CT molecular complexity index is 2590. The van der Waals surface area contributed by atoms with Gasteiger partial charge in [0.05, 0.1) is 77.8 Å². The molecule has 0 spiro atoms. The van der Waals surface area contributed by atoms with Gasteiger partial charge < -0.3 is 47.7 Å². The Hall–Kier alpha value is -6.92. The van der Waals surface area contributed by atoms with Gasteiger partial charge in [-0.15, -0.1) is 0 Å². The SMILES string of the molecule is C=C/C=C\C1=C(C)CN(C)C(C=Nc2cc(OCc3cc(COc4cc(N=C)c(C(=O)N5CCC6=C(CN=C6)C5)cc4OC)cc(N(CCCC(=O)OC)CCOCCOCCOC)c3)c(OC)cc2C=O)C1. The molecule has 1 unspecified atom stereocenters. The molecule has 17 heteroatoms. The quantitative estimate of drug-likeness (QED) is 0.0215. The number of esters is 1. The number of carbonyl (C=O) groups excluding carboxylic acids is 3. The van der Waals surface area contributed by atoms with Crippen LogP contribution in [0.5, 0.6) is 23.0 Å². The lowest BCUT2D eigenvalue weighted by Gasteiger charge is -2.31. The highest BCUT2D eigenvalue weighted by atomic mass is 16.5. The molecule has 17 nitrogen and oxygen atoms in total.